The zero-order valence-corrected chi connectivity index (χ0v) is 14.2. The van der Waals surface area contributed by atoms with Crippen LogP contribution in [0, 0.1) is 0 Å². The Morgan fingerprint density at radius 3 is 2.64 bits per heavy atom. The van der Waals surface area contributed by atoms with E-state index in [-0.39, 0.29) is 18.6 Å². The maximum Gasteiger partial charge on any atom is 0.351 e. The Morgan fingerprint density at radius 1 is 1.20 bits per heavy atom. The van der Waals surface area contributed by atoms with E-state index in [4.69, 9.17) is 4.74 Å². The Hall–Kier alpha value is -1.42. The van der Waals surface area contributed by atoms with Crippen molar-refractivity contribution in [3.8, 4) is 0 Å². The van der Waals surface area contributed by atoms with E-state index in [1.165, 1.54) is 6.42 Å². The second-order valence-corrected chi connectivity index (χ2v) is 7.28. The molecular formula is C16H27N4O5+. The van der Waals surface area contributed by atoms with E-state index in [9.17, 15) is 20.1 Å². The fraction of sp³-hybridized carbons (Fsp3) is 0.875. The number of carbonyl (C=O) groups is 1. The normalized spacial score (nSPS) is 41.6. The number of fused-ring (bicyclic) bond motifs is 1. The molecule has 0 aromatic heterocycles. The molecule has 4 fully saturated rings. The van der Waals surface area contributed by atoms with Gasteiger partial charge in [-0.2, -0.15) is 0 Å². The first kappa shape index (κ1) is 17.0. The largest absolute Gasteiger partial charge is 0.394 e. The van der Waals surface area contributed by atoms with Gasteiger partial charge in [-0.15, -0.1) is 0 Å². The SMILES string of the molecule is O=C1NCC[C@@H]2[C@H]1NC(=[N+]1CCCCC1)N2[C@H]1O[C@@H](CO)[C@@H](O)[C@H]1O. The lowest BCUT2D eigenvalue weighted by Crippen LogP contribution is -2.56. The van der Waals surface area contributed by atoms with E-state index < -0.39 is 30.6 Å². The molecule has 4 saturated heterocycles. The number of piperidine rings is 2. The van der Waals surface area contributed by atoms with Crippen LogP contribution in [0.1, 0.15) is 25.7 Å². The predicted molar refractivity (Wildman–Crippen MR) is 86.8 cm³/mol. The van der Waals surface area contributed by atoms with Gasteiger partial charge in [0, 0.05) is 13.0 Å². The number of nitrogens with one attached hydrogen (secondary N) is 2. The Balaban J connectivity index is 1.69. The minimum atomic E-state index is -1.14. The van der Waals surface area contributed by atoms with Crippen LogP contribution < -0.4 is 10.6 Å². The van der Waals surface area contributed by atoms with Crippen LogP contribution in [0.5, 0.6) is 0 Å². The van der Waals surface area contributed by atoms with Gasteiger partial charge in [0.05, 0.1) is 19.7 Å². The van der Waals surface area contributed by atoms with Crippen molar-refractivity contribution in [2.24, 2.45) is 0 Å². The Labute approximate surface area is 146 Å². The number of aliphatic hydroxyl groups excluding tert-OH is 3. The second kappa shape index (κ2) is 6.71. The summed E-state index contributed by atoms with van der Waals surface area (Å²) >= 11 is 0. The van der Waals surface area contributed by atoms with Gasteiger partial charge in [0.25, 0.3) is 5.91 Å². The van der Waals surface area contributed by atoms with Crippen LogP contribution in [0.4, 0.5) is 0 Å². The molecule has 4 aliphatic heterocycles. The molecule has 0 bridgehead atoms. The summed E-state index contributed by atoms with van der Waals surface area (Å²) < 4.78 is 7.98. The first-order chi connectivity index (χ1) is 12.1. The maximum absolute atomic E-state index is 12.3. The van der Waals surface area contributed by atoms with E-state index in [1.807, 2.05) is 4.90 Å². The van der Waals surface area contributed by atoms with Crippen LogP contribution in [0.2, 0.25) is 0 Å². The predicted octanol–water partition coefficient (Wildman–Crippen LogP) is -2.86. The molecule has 4 heterocycles. The van der Waals surface area contributed by atoms with Gasteiger partial charge < -0.3 is 25.4 Å². The summed E-state index contributed by atoms with van der Waals surface area (Å²) in [5.41, 5.74) is 0. The van der Waals surface area contributed by atoms with Gasteiger partial charge in [-0.05, 0) is 19.3 Å². The molecule has 1 amide bonds. The molecule has 0 spiro atoms. The minimum Gasteiger partial charge on any atom is -0.394 e. The molecule has 0 unspecified atom stereocenters. The van der Waals surface area contributed by atoms with Crippen LogP contribution in [0.15, 0.2) is 0 Å². The Morgan fingerprint density at radius 2 is 1.96 bits per heavy atom. The maximum atomic E-state index is 12.3. The number of guanidine groups is 1. The summed E-state index contributed by atoms with van der Waals surface area (Å²) in [6.45, 7) is 1.98. The summed E-state index contributed by atoms with van der Waals surface area (Å²) in [6, 6.07) is -0.540. The Bertz CT molecular complexity index is 563. The number of aliphatic hydroxyl groups is 3. The number of hydrogen-bond acceptors (Lipinski definition) is 5. The highest BCUT2D eigenvalue weighted by molar-refractivity contribution is 5.92. The summed E-state index contributed by atoms with van der Waals surface area (Å²) in [7, 11) is 0. The Kier molecular flexibility index (Phi) is 4.57. The molecule has 4 aliphatic rings. The fourth-order valence-electron chi connectivity index (χ4n) is 4.41. The van der Waals surface area contributed by atoms with Gasteiger partial charge >= 0.3 is 5.96 Å². The van der Waals surface area contributed by atoms with Gasteiger partial charge in [0.15, 0.2) is 6.04 Å². The molecule has 9 heteroatoms. The van der Waals surface area contributed by atoms with Crippen LogP contribution in [-0.2, 0) is 9.53 Å². The highest BCUT2D eigenvalue weighted by Crippen LogP contribution is 2.31. The average molecular weight is 355 g/mol. The molecule has 140 valence electrons. The number of nitrogens with zero attached hydrogens (tertiary/aromatic N) is 2. The standard InChI is InChI=1S/C16H26N4O5/c21-8-10-12(22)13(23)15(25-10)20-9-4-5-17-14(24)11(9)18-16(20)19-6-2-1-3-7-19/h9-13,15,21-23H,1-8H2,(H,17,24)/p+1/t9-,10+,11-,12-,13-,15+/m1/s1. The minimum absolute atomic E-state index is 0.0556. The van der Waals surface area contributed by atoms with E-state index in [0.717, 1.165) is 38.3 Å². The van der Waals surface area contributed by atoms with Crippen molar-refractivity contribution >= 4 is 11.9 Å². The van der Waals surface area contributed by atoms with Crippen molar-refractivity contribution < 1.29 is 29.4 Å². The number of amides is 1. The summed E-state index contributed by atoms with van der Waals surface area (Å²) in [4.78, 5) is 14.2. The molecule has 4 rings (SSSR count). The van der Waals surface area contributed by atoms with Crippen molar-refractivity contribution in [3.63, 3.8) is 0 Å². The lowest BCUT2D eigenvalue weighted by Gasteiger charge is -2.31. The third-order valence-electron chi connectivity index (χ3n) is 5.74. The van der Waals surface area contributed by atoms with Crippen molar-refractivity contribution in [1.29, 1.82) is 0 Å². The summed E-state index contributed by atoms with van der Waals surface area (Å²) in [5, 5.41) is 36.2. The van der Waals surface area contributed by atoms with Crippen LogP contribution >= 0.6 is 0 Å². The monoisotopic (exact) mass is 355 g/mol. The van der Waals surface area contributed by atoms with Crippen LogP contribution in [0.3, 0.4) is 0 Å². The molecule has 0 saturated carbocycles. The van der Waals surface area contributed by atoms with E-state index in [2.05, 4.69) is 15.2 Å². The van der Waals surface area contributed by atoms with Gasteiger partial charge in [0.2, 0.25) is 6.23 Å². The molecule has 0 radical (unpaired) electrons. The van der Waals surface area contributed by atoms with Crippen molar-refractivity contribution in [3.05, 3.63) is 0 Å². The third kappa shape index (κ3) is 2.79. The zero-order chi connectivity index (χ0) is 17.6. The molecule has 6 atom stereocenters. The first-order valence-electron chi connectivity index (χ1n) is 9.18. The van der Waals surface area contributed by atoms with Crippen LogP contribution in [-0.4, -0.2) is 99.5 Å². The number of carbonyl (C=O) groups excluding carboxylic acids is 1. The smallest absolute Gasteiger partial charge is 0.351 e. The van der Waals surface area contributed by atoms with Crippen molar-refractivity contribution in [2.45, 2.75) is 62.3 Å². The van der Waals surface area contributed by atoms with Crippen molar-refractivity contribution in [1.82, 2.24) is 15.5 Å². The number of hydrogen-bond donors (Lipinski definition) is 5. The molecule has 0 aromatic rings. The topological polar surface area (TPSA) is 117 Å². The number of ether oxygens (including phenoxy) is 1. The number of rotatable bonds is 2. The van der Waals surface area contributed by atoms with Crippen molar-refractivity contribution in [2.75, 3.05) is 26.2 Å². The van der Waals surface area contributed by atoms with Crippen LogP contribution in [0.25, 0.3) is 0 Å². The highest BCUT2D eigenvalue weighted by Gasteiger charge is 2.59. The summed E-state index contributed by atoms with van der Waals surface area (Å²) in [5.74, 6) is 0.738. The van der Waals surface area contributed by atoms with E-state index >= 15 is 0 Å². The average Bonchev–Trinajstić information content (AvgIpc) is 3.15. The third-order valence-corrected chi connectivity index (χ3v) is 5.74. The van der Waals surface area contributed by atoms with Gasteiger partial charge in [-0.3, -0.25) is 14.7 Å². The van der Waals surface area contributed by atoms with Gasteiger partial charge in [-0.25, -0.2) is 4.90 Å². The van der Waals surface area contributed by atoms with Gasteiger partial charge in [0.1, 0.15) is 24.4 Å². The second-order valence-electron chi connectivity index (χ2n) is 7.28. The molecule has 5 N–H and O–H groups in total. The summed E-state index contributed by atoms with van der Waals surface area (Å²) in [6.07, 6.45) is 0.193. The fourth-order valence-corrected chi connectivity index (χ4v) is 4.41. The molecule has 0 aliphatic carbocycles. The zero-order valence-electron chi connectivity index (χ0n) is 14.2. The van der Waals surface area contributed by atoms with E-state index in [1.54, 1.807) is 0 Å². The highest BCUT2D eigenvalue weighted by atomic mass is 16.6. The lowest BCUT2D eigenvalue weighted by molar-refractivity contribution is -0.544. The van der Waals surface area contributed by atoms with E-state index in [0.29, 0.717) is 6.54 Å². The molecular weight excluding hydrogens is 328 g/mol. The lowest BCUT2D eigenvalue weighted by atomic mass is 10.00. The quantitative estimate of drug-likeness (QED) is 0.338. The first-order valence-corrected chi connectivity index (χ1v) is 9.18. The molecule has 25 heavy (non-hydrogen) atoms. The molecule has 9 nitrogen and oxygen atoms in total. The molecule has 0 aromatic carbocycles. The van der Waals surface area contributed by atoms with Gasteiger partial charge in [-0.1, -0.05) is 0 Å².